The molecule has 0 radical (unpaired) electrons. The van der Waals surface area contributed by atoms with E-state index in [1.807, 2.05) is 13.8 Å². The quantitative estimate of drug-likeness (QED) is 0.756. The van der Waals surface area contributed by atoms with E-state index < -0.39 is 0 Å². The molecule has 1 atom stereocenters. The van der Waals surface area contributed by atoms with Gasteiger partial charge in [-0.3, -0.25) is 0 Å². The number of aromatic nitrogens is 1. The Hall–Kier alpha value is -0.480. The molecule has 0 saturated carbocycles. The first-order chi connectivity index (χ1) is 6.17. The molecule has 74 valence electrons. The van der Waals surface area contributed by atoms with Gasteiger partial charge in [0.2, 0.25) is 0 Å². The van der Waals surface area contributed by atoms with Crippen molar-refractivity contribution < 1.29 is 4.42 Å². The van der Waals surface area contributed by atoms with Gasteiger partial charge in [0, 0.05) is 11.8 Å². The lowest BCUT2D eigenvalue weighted by atomic mass is 10.3. The average Bonchev–Trinajstić information content (AvgIpc) is 2.42. The molecule has 0 amide bonds. The smallest absolute Gasteiger partial charge is 0.256 e. The number of rotatable bonds is 4. The summed E-state index contributed by atoms with van der Waals surface area (Å²) in [4.78, 5) is 4.29. The second-order valence-electron chi connectivity index (χ2n) is 3.01. The van der Waals surface area contributed by atoms with E-state index in [-0.39, 0.29) is 0 Å². The van der Waals surface area contributed by atoms with Gasteiger partial charge in [-0.05, 0) is 20.3 Å². The summed E-state index contributed by atoms with van der Waals surface area (Å²) >= 11 is 1.62. The van der Waals surface area contributed by atoms with Crippen molar-refractivity contribution in [2.45, 2.75) is 37.7 Å². The summed E-state index contributed by atoms with van der Waals surface area (Å²) in [7, 11) is 0. The van der Waals surface area contributed by atoms with Crippen molar-refractivity contribution in [3.05, 3.63) is 11.5 Å². The molecular weight excluding hydrogens is 184 g/mol. The van der Waals surface area contributed by atoms with Crippen molar-refractivity contribution in [2.24, 2.45) is 5.73 Å². The molecule has 0 spiro atoms. The monoisotopic (exact) mass is 200 g/mol. The molecule has 13 heavy (non-hydrogen) atoms. The van der Waals surface area contributed by atoms with Crippen LogP contribution in [0.5, 0.6) is 0 Å². The SMILES string of the molecule is CCC(CN)Sc1nc(C)c(C)o1. The fourth-order valence-electron chi connectivity index (χ4n) is 0.934. The van der Waals surface area contributed by atoms with Crippen LogP contribution in [0.3, 0.4) is 0 Å². The van der Waals surface area contributed by atoms with Gasteiger partial charge in [0.15, 0.2) is 0 Å². The molecule has 0 bridgehead atoms. The van der Waals surface area contributed by atoms with Gasteiger partial charge < -0.3 is 10.2 Å². The summed E-state index contributed by atoms with van der Waals surface area (Å²) in [5.41, 5.74) is 6.55. The first-order valence-electron chi connectivity index (χ1n) is 4.48. The lowest BCUT2D eigenvalue weighted by Gasteiger charge is -2.07. The predicted molar refractivity (Wildman–Crippen MR) is 55.0 cm³/mol. The Kier molecular flexibility index (Phi) is 3.81. The van der Waals surface area contributed by atoms with E-state index in [2.05, 4.69) is 11.9 Å². The van der Waals surface area contributed by atoms with Gasteiger partial charge in [-0.1, -0.05) is 18.7 Å². The highest BCUT2D eigenvalue weighted by atomic mass is 32.2. The maximum absolute atomic E-state index is 5.59. The molecule has 0 fully saturated rings. The van der Waals surface area contributed by atoms with Crippen LogP contribution in [0.4, 0.5) is 0 Å². The molecule has 1 aromatic heterocycles. The van der Waals surface area contributed by atoms with Gasteiger partial charge in [-0.15, -0.1) is 0 Å². The van der Waals surface area contributed by atoms with Crippen molar-refractivity contribution in [2.75, 3.05) is 6.54 Å². The van der Waals surface area contributed by atoms with Crippen LogP contribution in [0.2, 0.25) is 0 Å². The van der Waals surface area contributed by atoms with E-state index in [1.165, 1.54) is 0 Å². The van der Waals surface area contributed by atoms with Crippen molar-refractivity contribution in [1.29, 1.82) is 0 Å². The van der Waals surface area contributed by atoms with Crippen LogP contribution in [-0.2, 0) is 0 Å². The van der Waals surface area contributed by atoms with Crippen LogP contribution in [-0.4, -0.2) is 16.8 Å². The van der Waals surface area contributed by atoms with Crippen LogP contribution in [0.25, 0.3) is 0 Å². The number of hydrogen-bond donors (Lipinski definition) is 1. The van der Waals surface area contributed by atoms with E-state index >= 15 is 0 Å². The molecule has 0 saturated heterocycles. The maximum atomic E-state index is 5.59. The first kappa shape index (κ1) is 10.6. The summed E-state index contributed by atoms with van der Waals surface area (Å²) < 4.78 is 5.44. The zero-order chi connectivity index (χ0) is 9.84. The van der Waals surface area contributed by atoms with Gasteiger partial charge in [0.1, 0.15) is 5.76 Å². The molecule has 1 aromatic rings. The van der Waals surface area contributed by atoms with E-state index in [4.69, 9.17) is 10.2 Å². The van der Waals surface area contributed by atoms with E-state index in [0.29, 0.717) is 11.8 Å². The second kappa shape index (κ2) is 4.67. The number of nitrogens with zero attached hydrogens (tertiary/aromatic N) is 1. The molecule has 2 N–H and O–H groups in total. The molecular formula is C9H16N2OS. The van der Waals surface area contributed by atoms with Crippen LogP contribution in [0.1, 0.15) is 24.8 Å². The summed E-state index contributed by atoms with van der Waals surface area (Å²) in [6.45, 7) is 6.66. The van der Waals surface area contributed by atoms with E-state index in [1.54, 1.807) is 11.8 Å². The predicted octanol–water partition coefficient (Wildman–Crippen LogP) is 2.12. The summed E-state index contributed by atoms with van der Waals surface area (Å²) in [6.07, 6.45) is 1.04. The third-order valence-corrected chi connectivity index (χ3v) is 3.23. The zero-order valence-electron chi connectivity index (χ0n) is 8.33. The molecule has 3 nitrogen and oxygen atoms in total. The number of oxazole rings is 1. The van der Waals surface area contributed by atoms with Gasteiger partial charge in [0.05, 0.1) is 5.69 Å². The Labute approximate surface area is 83.1 Å². The summed E-state index contributed by atoms with van der Waals surface area (Å²) in [5, 5.41) is 1.16. The highest BCUT2D eigenvalue weighted by molar-refractivity contribution is 7.99. The van der Waals surface area contributed by atoms with Crippen LogP contribution >= 0.6 is 11.8 Å². The lowest BCUT2D eigenvalue weighted by Crippen LogP contribution is -2.15. The molecule has 1 unspecified atom stereocenters. The van der Waals surface area contributed by atoms with Crippen molar-refractivity contribution in [1.82, 2.24) is 4.98 Å². The minimum atomic E-state index is 0.414. The minimum Gasteiger partial charge on any atom is -0.437 e. The normalized spacial score (nSPS) is 13.2. The number of nitrogens with two attached hydrogens (primary N) is 1. The molecule has 0 aliphatic carbocycles. The Morgan fingerprint density at radius 1 is 1.54 bits per heavy atom. The van der Waals surface area contributed by atoms with E-state index in [0.717, 1.165) is 23.1 Å². The molecule has 1 rings (SSSR count). The third kappa shape index (κ3) is 2.74. The van der Waals surface area contributed by atoms with Crippen LogP contribution < -0.4 is 5.73 Å². The standard InChI is InChI=1S/C9H16N2OS/c1-4-8(5-10)13-9-11-6(2)7(3)12-9/h8H,4-5,10H2,1-3H3. The van der Waals surface area contributed by atoms with Crippen molar-refractivity contribution >= 4 is 11.8 Å². The number of aryl methyl sites for hydroxylation is 2. The molecule has 4 heteroatoms. The highest BCUT2D eigenvalue weighted by Crippen LogP contribution is 2.25. The Morgan fingerprint density at radius 2 is 2.23 bits per heavy atom. The Balaban J connectivity index is 2.62. The number of thioether (sulfide) groups is 1. The van der Waals surface area contributed by atoms with Gasteiger partial charge in [-0.2, -0.15) is 0 Å². The van der Waals surface area contributed by atoms with Crippen molar-refractivity contribution in [3.8, 4) is 0 Å². The maximum Gasteiger partial charge on any atom is 0.256 e. The van der Waals surface area contributed by atoms with Crippen LogP contribution in [0, 0.1) is 13.8 Å². The van der Waals surface area contributed by atoms with Gasteiger partial charge in [0.25, 0.3) is 5.22 Å². The fourth-order valence-corrected chi connectivity index (χ4v) is 1.85. The largest absolute Gasteiger partial charge is 0.437 e. The topological polar surface area (TPSA) is 52.0 Å². The summed E-state index contributed by atoms with van der Waals surface area (Å²) in [5.74, 6) is 0.898. The molecule has 0 aromatic carbocycles. The van der Waals surface area contributed by atoms with Crippen LogP contribution in [0.15, 0.2) is 9.64 Å². The molecule has 1 heterocycles. The van der Waals surface area contributed by atoms with E-state index in [9.17, 15) is 0 Å². The Bertz CT molecular complexity index is 249. The van der Waals surface area contributed by atoms with Crippen molar-refractivity contribution in [3.63, 3.8) is 0 Å². The van der Waals surface area contributed by atoms with Gasteiger partial charge in [-0.25, -0.2) is 4.98 Å². The minimum absolute atomic E-state index is 0.414. The second-order valence-corrected chi connectivity index (χ2v) is 4.26. The Morgan fingerprint density at radius 3 is 2.62 bits per heavy atom. The molecule has 0 aliphatic rings. The summed E-state index contributed by atoms with van der Waals surface area (Å²) in [6, 6.07) is 0. The average molecular weight is 200 g/mol. The third-order valence-electron chi connectivity index (χ3n) is 1.99. The molecule has 0 aliphatic heterocycles. The fraction of sp³-hybridized carbons (Fsp3) is 0.667. The number of hydrogen-bond acceptors (Lipinski definition) is 4. The zero-order valence-corrected chi connectivity index (χ0v) is 9.15. The first-order valence-corrected chi connectivity index (χ1v) is 5.36. The lowest BCUT2D eigenvalue weighted by molar-refractivity contribution is 0.430. The highest BCUT2D eigenvalue weighted by Gasteiger charge is 2.11. The van der Waals surface area contributed by atoms with Gasteiger partial charge >= 0.3 is 0 Å².